The predicted octanol–water partition coefficient (Wildman–Crippen LogP) is 2.05. The summed E-state index contributed by atoms with van der Waals surface area (Å²) in [6.45, 7) is 11.5. The zero-order chi connectivity index (χ0) is 13.7. The molecule has 3 nitrogen and oxygen atoms in total. The van der Waals surface area contributed by atoms with Crippen LogP contribution >= 0.6 is 0 Å². The highest BCUT2D eigenvalue weighted by Crippen LogP contribution is 2.19. The Kier molecular flexibility index (Phi) is 4.83. The zero-order valence-electron chi connectivity index (χ0n) is 12.5. The molecule has 0 spiro atoms. The van der Waals surface area contributed by atoms with Gasteiger partial charge in [-0.15, -0.1) is 0 Å². The third-order valence-electron chi connectivity index (χ3n) is 3.80. The number of hydrogen-bond acceptors (Lipinski definition) is 3. The Balaban J connectivity index is 1.83. The van der Waals surface area contributed by atoms with Crippen molar-refractivity contribution in [2.75, 3.05) is 51.2 Å². The van der Waals surface area contributed by atoms with Crippen molar-refractivity contribution in [2.24, 2.45) is 5.41 Å². The molecule has 1 aromatic rings. The molecule has 19 heavy (non-hydrogen) atoms. The molecule has 3 heteroatoms. The van der Waals surface area contributed by atoms with Crippen LogP contribution in [0.2, 0.25) is 0 Å². The largest absolute Gasteiger partial charge is 0.369 e. The molecule has 1 aromatic carbocycles. The molecule has 1 aliphatic heterocycles. The smallest absolute Gasteiger partial charge is 0.0367 e. The Morgan fingerprint density at radius 3 is 2.26 bits per heavy atom. The molecular formula is C16H27N3. The fourth-order valence-electron chi connectivity index (χ4n) is 2.94. The van der Waals surface area contributed by atoms with Gasteiger partial charge in [0.1, 0.15) is 0 Å². The second kappa shape index (κ2) is 6.40. The minimum Gasteiger partial charge on any atom is -0.369 e. The Morgan fingerprint density at radius 1 is 1.05 bits per heavy atom. The number of benzene rings is 1. The van der Waals surface area contributed by atoms with Crippen LogP contribution in [0.3, 0.4) is 0 Å². The lowest BCUT2D eigenvalue weighted by Gasteiger charge is -2.39. The van der Waals surface area contributed by atoms with Crippen LogP contribution in [0.15, 0.2) is 30.3 Å². The van der Waals surface area contributed by atoms with Gasteiger partial charge in [0.05, 0.1) is 0 Å². The average molecular weight is 261 g/mol. The van der Waals surface area contributed by atoms with Gasteiger partial charge in [0.2, 0.25) is 0 Å². The maximum Gasteiger partial charge on any atom is 0.0367 e. The maximum atomic E-state index is 3.30. The van der Waals surface area contributed by atoms with Crippen LogP contribution in [0.25, 0.3) is 0 Å². The summed E-state index contributed by atoms with van der Waals surface area (Å²) >= 11 is 0. The van der Waals surface area contributed by atoms with E-state index in [1.165, 1.54) is 25.3 Å². The van der Waals surface area contributed by atoms with Crippen LogP contribution in [0.1, 0.15) is 13.8 Å². The quantitative estimate of drug-likeness (QED) is 0.875. The van der Waals surface area contributed by atoms with Gasteiger partial charge in [0.25, 0.3) is 0 Å². The topological polar surface area (TPSA) is 18.5 Å². The predicted molar refractivity (Wildman–Crippen MR) is 82.8 cm³/mol. The molecular weight excluding hydrogens is 234 g/mol. The van der Waals surface area contributed by atoms with Crippen LogP contribution in [0, 0.1) is 5.41 Å². The number of nitrogens with one attached hydrogen (secondary N) is 1. The van der Waals surface area contributed by atoms with Gasteiger partial charge in [-0.1, -0.05) is 32.0 Å². The second-order valence-corrected chi connectivity index (χ2v) is 6.29. The van der Waals surface area contributed by atoms with Crippen molar-refractivity contribution in [3.8, 4) is 0 Å². The van der Waals surface area contributed by atoms with Crippen molar-refractivity contribution >= 4 is 5.69 Å². The van der Waals surface area contributed by atoms with Crippen molar-refractivity contribution in [1.29, 1.82) is 0 Å². The molecule has 0 atom stereocenters. The number of rotatable bonds is 5. The van der Waals surface area contributed by atoms with Crippen molar-refractivity contribution in [1.82, 2.24) is 10.2 Å². The molecule has 0 radical (unpaired) electrons. The minimum absolute atomic E-state index is 0.351. The third kappa shape index (κ3) is 4.22. The number of piperazine rings is 1. The molecule has 2 rings (SSSR count). The summed E-state index contributed by atoms with van der Waals surface area (Å²) in [7, 11) is 2.04. The molecule has 0 unspecified atom stereocenters. The molecule has 1 fully saturated rings. The summed E-state index contributed by atoms with van der Waals surface area (Å²) in [5.74, 6) is 0. The van der Waals surface area contributed by atoms with E-state index in [2.05, 4.69) is 59.3 Å². The number of nitrogens with zero attached hydrogens (tertiary/aromatic N) is 2. The molecule has 1 aliphatic rings. The van der Waals surface area contributed by atoms with Crippen molar-refractivity contribution in [3.63, 3.8) is 0 Å². The third-order valence-corrected chi connectivity index (χ3v) is 3.80. The molecule has 0 aromatic heterocycles. The van der Waals surface area contributed by atoms with E-state index in [1.807, 2.05) is 7.05 Å². The first-order chi connectivity index (χ1) is 9.11. The first-order valence-electron chi connectivity index (χ1n) is 7.28. The van der Waals surface area contributed by atoms with Gasteiger partial charge in [-0.2, -0.15) is 0 Å². The van der Waals surface area contributed by atoms with E-state index in [0.29, 0.717) is 5.41 Å². The van der Waals surface area contributed by atoms with Crippen molar-refractivity contribution in [3.05, 3.63) is 30.3 Å². The van der Waals surface area contributed by atoms with Crippen LogP contribution in [0.4, 0.5) is 5.69 Å². The van der Waals surface area contributed by atoms with Crippen LogP contribution < -0.4 is 10.2 Å². The van der Waals surface area contributed by atoms with E-state index in [4.69, 9.17) is 0 Å². The molecule has 1 saturated heterocycles. The van der Waals surface area contributed by atoms with E-state index in [0.717, 1.165) is 19.6 Å². The molecule has 1 N–H and O–H groups in total. The summed E-state index contributed by atoms with van der Waals surface area (Å²) in [6, 6.07) is 10.7. The maximum absolute atomic E-state index is 3.30. The SMILES string of the molecule is CNCC(C)(C)CN1CCN(c2ccccc2)CC1. The highest BCUT2D eigenvalue weighted by Gasteiger charge is 2.24. The van der Waals surface area contributed by atoms with Crippen molar-refractivity contribution in [2.45, 2.75) is 13.8 Å². The highest BCUT2D eigenvalue weighted by molar-refractivity contribution is 5.46. The Bertz CT molecular complexity index is 367. The Morgan fingerprint density at radius 2 is 1.68 bits per heavy atom. The normalized spacial score (nSPS) is 17.7. The van der Waals surface area contributed by atoms with Crippen molar-refractivity contribution < 1.29 is 0 Å². The van der Waals surface area contributed by atoms with Crippen LogP contribution in [0.5, 0.6) is 0 Å². The van der Waals surface area contributed by atoms with Gasteiger partial charge in [0, 0.05) is 45.0 Å². The van der Waals surface area contributed by atoms with Gasteiger partial charge in [-0.05, 0) is 24.6 Å². The molecule has 0 amide bonds. The van der Waals surface area contributed by atoms with E-state index < -0.39 is 0 Å². The molecule has 0 bridgehead atoms. The summed E-state index contributed by atoms with van der Waals surface area (Å²) in [6.07, 6.45) is 0. The van der Waals surface area contributed by atoms with Gasteiger partial charge >= 0.3 is 0 Å². The lowest BCUT2D eigenvalue weighted by Crippen LogP contribution is -2.50. The first kappa shape index (κ1) is 14.4. The fraction of sp³-hybridized carbons (Fsp3) is 0.625. The monoisotopic (exact) mass is 261 g/mol. The second-order valence-electron chi connectivity index (χ2n) is 6.29. The number of para-hydroxylation sites is 1. The molecule has 1 heterocycles. The summed E-state index contributed by atoms with van der Waals surface area (Å²) in [5.41, 5.74) is 1.71. The Hall–Kier alpha value is -1.06. The average Bonchev–Trinajstić information content (AvgIpc) is 2.40. The van der Waals surface area contributed by atoms with Gasteiger partial charge < -0.3 is 10.2 Å². The summed E-state index contributed by atoms with van der Waals surface area (Å²) < 4.78 is 0. The van der Waals surface area contributed by atoms with E-state index >= 15 is 0 Å². The summed E-state index contributed by atoms with van der Waals surface area (Å²) in [5, 5.41) is 3.30. The van der Waals surface area contributed by atoms with Crippen LogP contribution in [-0.4, -0.2) is 51.2 Å². The fourth-order valence-corrected chi connectivity index (χ4v) is 2.94. The lowest BCUT2D eigenvalue weighted by atomic mass is 9.92. The van der Waals surface area contributed by atoms with Gasteiger partial charge in [-0.25, -0.2) is 0 Å². The summed E-state index contributed by atoms with van der Waals surface area (Å²) in [4.78, 5) is 5.08. The standard InChI is InChI=1S/C16H27N3/c1-16(2,13-17-3)14-18-9-11-19(12-10-18)15-7-5-4-6-8-15/h4-8,17H,9-14H2,1-3H3. The van der Waals surface area contributed by atoms with E-state index in [1.54, 1.807) is 0 Å². The van der Waals surface area contributed by atoms with Gasteiger partial charge in [-0.3, -0.25) is 4.90 Å². The number of hydrogen-bond donors (Lipinski definition) is 1. The van der Waals surface area contributed by atoms with E-state index in [9.17, 15) is 0 Å². The van der Waals surface area contributed by atoms with E-state index in [-0.39, 0.29) is 0 Å². The lowest BCUT2D eigenvalue weighted by molar-refractivity contribution is 0.168. The number of anilines is 1. The molecule has 106 valence electrons. The Labute approximate surface area is 117 Å². The van der Waals surface area contributed by atoms with Gasteiger partial charge in [0.15, 0.2) is 0 Å². The first-order valence-corrected chi connectivity index (χ1v) is 7.28. The molecule has 0 saturated carbocycles. The molecule has 0 aliphatic carbocycles. The highest BCUT2D eigenvalue weighted by atomic mass is 15.3. The van der Waals surface area contributed by atoms with Crippen LogP contribution in [-0.2, 0) is 0 Å². The zero-order valence-corrected chi connectivity index (χ0v) is 12.5. The minimum atomic E-state index is 0.351.